The van der Waals surface area contributed by atoms with Crippen LogP contribution in [0.2, 0.25) is 0 Å². The van der Waals surface area contributed by atoms with Gasteiger partial charge in [-0.05, 0) is 12.3 Å². The van der Waals surface area contributed by atoms with Crippen LogP contribution in [0, 0.1) is 11.8 Å². The Morgan fingerprint density at radius 1 is 1.30 bits per heavy atom. The fourth-order valence-corrected chi connectivity index (χ4v) is 0.754. The Kier molecular flexibility index (Phi) is 7.60. The molecule has 0 heterocycles. The fourth-order valence-electron chi connectivity index (χ4n) is 0.754. The molecule has 0 aromatic heterocycles. The second-order valence-corrected chi connectivity index (χ2v) is 2.25. The van der Waals surface area contributed by atoms with Crippen LogP contribution < -0.4 is 0 Å². The summed E-state index contributed by atoms with van der Waals surface area (Å²) in [6.07, 6.45) is 6.43. The van der Waals surface area contributed by atoms with Gasteiger partial charge in [0.15, 0.2) is 6.29 Å². The molecule has 0 aromatic rings. The van der Waals surface area contributed by atoms with Gasteiger partial charge in [0.05, 0.1) is 0 Å². The molecule has 0 bridgehead atoms. The fraction of sp³-hybridized carbons (Fsp3) is 0.667. The molecule has 56 valence electrons. The summed E-state index contributed by atoms with van der Waals surface area (Å²) >= 11 is 0. The van der Waals surface area contributed by atoms with Gasteiger partial charge in [0.2, 0.25) is 0 Å². The van der Waals surface area contributed by atoms with E-state index >= 15 is 0 Å². The standard InChI is InChI=1S/C9H14O/c1-2-3-4-5-6-7-8-9-10/h9H,2-6H2,1H3. The second-order valence-electron chi connectivity index (χ2n) is 2.25. The lowest BCUT2D eigenvalue weighted by molar-refractivity contribution is -0.103. The minimum atomic E-state index is 0.653. The zero-order valence-corrected chi connectivity index (χ0v) is 6.52. The van der Waals surface area contributed by atoms with Crippen molar-refractivity contribution in [2.75, 3.05) is 0 Å². The van der Waals surface area contributed by atoms with Gasteiger partial charge in [-0.15, -0.1) is 0 Å². The molecule has 0 aromatic carbocycles. The maximum atomic E-state index is 9.72. The predicted octanol–water partition coefficient (Wildman–Crippen LogP) is 2.16. The third-order valence-corrected chi connectivity index (χ3v) is 1.32. The Labute approximate surface area is 62.8 Å². The molecule has 1 nitrogen and oxygen atoms in total. The normalized spacial score (nSPS) is 8.10. The molecule has 0 aliphatic rings. The Morgan fingerprint density at radius 2 is 2.10 bits per heavy atom. The number of aldehydes is 1. The molecular weight excluding hydrogens is 124 g/mol. The highest BCUT2D eigenvalue weighted by Crippen LogP contribution is 2.00. The molecule has 0 spiro atoms. The average Bonchev–Trinajstić information content (AvgIpc) is 1.97. The topological polar surface area (TPSA) is 17.1 Å². The van der Waals surface area contributed by atoms with Crippen LogP contribution in [-0.2, 0) is 4.79 Å². The molecule has 0 aliphatic heterocycles. The number of rotatable bonds is 4. The predicted molar refractivity (Wildman–Crippen MR) is 42.6 cm³/mol. The van der Waals surface area contributed by atoms with E-state index in [2.05, 4.69) is 18.8 Å². The van der Waals surface area contributed by atoms with E-state index in [1.54, 1.807) is 0 Å². The number of hydrogen-bond donors (Lipinski definition) is 0. The van der Waals surface area contributed by atoms with Gasteiger partial charge in [-0.2, -0.15) is 0 Å². The number of carbonyl (C=O) groups is 1. The first-order valence-electron chi connectivity index (χ1n) is 3.84. The van der Waals surface area contributed by atoms with E-state index in [4.69, 9.17) is 0 Å². The minimum absolute atomic E-state index is 0.653. The quantitative estimate of drug-likeness (QED) is 0.330. The van der Waals surface area contributed by atoms with Crippen molar-refractivity contribution in [1.82, 2.24) is 0 Å². The molecule has 0 aliphatic carbocycles. The molecule has 0 fully saturated rings. The number of carbonyl (C=O) groups excluding carboxylic acids is 1. The lowest BCUT2D eigenvalue weighted by atomic mass is 10.2. The Hall–Kier alpha value is -0.770. The largest absolute Gasteiger partial charge is 0.289 e. The Morgan fingerprint density at radius 3 is 2.70 bits per heavy atom. The van der Waals surface area contributed by atoms with Gasteiger partial charge in [-0.3, -0.25) is 4.79 Å². The summed E-state index contributed by atoms with van der Waals surface area (Å²) < 4.78 is 0. The van der Waals surface area contributed by atoms with Crippen LogP contribution in [0.1, 0.15) is 39.0 Å². The second kappa shape index (κ2) is 8.23. The Bertz CT molecular complexity index is 127. The molecule has 0 atom stereocenters. The van der Waals surface area contributed by atoms with Crippen LogP contribution in [0.15, 0.2) is 0 Å². The van der Waals surface area contributed by atoms with Crippen LogP contribution in [0.4, 0.5) is 0 Å². The maximum Gasteiger partial charge on any atom is 0.192 e. The molecule has 1 heteroatoms. The van der Waals surface area contributed by atoms with Crippen LogP contribution in [0.25, 0.3) is 0 Å². The lowest BCUT2D eigenvalue weighted by Crippen LogP contribution is -1.73. The number of unbranched alkanes of at least 4 members (excludes halogenated alkanes) is 4. The van der Waals surface area contributed by atoms with Crippen LogP contribution in [-0.4, -0.2) is 6.29 Å². The van der Waals surface area contributed by atoms with Gasteiger partial charge in [-0.1, -0.05) is 32.1 Å². The maximum absolute atomic E-state index is 9.72. The lowest BCUT2D eigenvalue weighted by Gasteiger charge is -1.90. The molecule has 10 heavy (non-hydrogen) atoms. The monoisotopic (exact) mass is 138 g/mol. The summed E-state index contributed by atoms with van der Waals surface area (Å²) in [5.74, 6) is 5.17. The highest BCUT2D eigenvalue weighted by molar-refractivity contribution is 5.72. The van der Waals surface area contributed by atoms with Crippen LogP contribution in [0.3, 0.4) is 0 Å². The molecule has 0 rings (SSSR count). The molecule has 0 radical (unpaired) electrons. The first kappa shape index (κ1) is 9.23. The summed E-state index contributed by atoms with van der Waals surface area (Å²) in [5, 5.41) is 0. The first-order valence-corrected chi connectivity index (χ1v) is 3.84. The van der Waals surface area contributed by atoms with E-state index in [1.807, 2.05) is 0 Å². The zero-order chi connectivity index (χ0) is 7.66. The third kappa shape index (κ3) is 7.23. The van der Waals surface area contributed by atoms with Crippen molar-refractivity contribution in [3.63, 3.8) is 0 Å². The van der Waals surface area contributed by atoms with E-state index in [0.717, 1.165) is 12.8 Å². The van der Waals surface area contributed by atoms with E-state index < -0.39 is 0 Å². The van der Waals surface area contributed by atoms with Crippen molar-refractivity contribution in [3.8, 4) is 11.8 Å². The van der Waals surface area contributed by atoms with E-state index in [-0.39, 0.29) is 0 Å². The highest BCUT2D eigenvalue weighted by atomic mass is 16.1. The van der Waals surface area contributed by atoms with Gasteiger partial charge in [-0.25, -0.2) is 0 Å². The minimum Gasteiger partial charge on any atom is -0.289 e. The SMILES string of the molecule is CCCCCCC#CC=O. The summed E-state index contributed by atoms with van der Waals surface area (Å²) in [4.78, 5) is 9.72. The van der Waals surface area contributed by atoms with Gasteiger partial charge < -0.3 is 0 Å². The summed E-state index contributed by atoms with van der Waals surface area (Å²) in [6.45, 7) is 2.18. The van der Waals surface area contributed by atoms with Crippen molar-refractivity contribution >= 4 is 6.29 Å². The first-order chi connectivity index (χ1) is 4.91. The third-order valence-electron chi connectivity index (χ3n) is 1.32. The van der Waals surface area contributed by atoms with Crippen molar-refractivity contribution in [3.05, 3.63) is 0 Å². The van der Waals surface area contributed by atoms with Crippen molar-refractivity contribution in [2.24, 2.45) is 0 Å². The highest BCUT2D eigenvalue weighted by Gasteiger charge is 1.82. The molecular formula is C9H14O. The molecule has 0 saturated heterocycles. The van der Waals surface area contributed by atoms with Gasteiger partial charge in [0.25, 0.3) is 0 Å². The zero-order valence-electron chi connectivity index (χ0n) is 6.52. The van der Waals surface area contributed by atoms with E-state index in [0.29, 0.717) is 6.29 Å². The molecule has 0 N–H and O–H groups in total. The Balaban J connectivity index is 2.97. The van der Waals surface area contributed by atoms with Crippen LogP contribution >= 0.6 is 0 Å². The van der Waals surface area contributed by atoms with E-state index in [1.165, 1.54) is 19.3 Å². The van der Waals surface area contributed by atoms with Gasteiger partial charge >= 0.3 is 0 Å². The molecule has 0 amide bonds. The van der Waals surface area contributed by atoms with Gasteiger partial charge in [0.1, 0.15) is 0 Å². The van der Waals surface area contributed by atoms with Crippen molar-refractivity contribution in [1.29, 1.82) is 0 Å². The smallest absolute Gasteiger partial charge is 0.192 e. The molecule has 0 saturated carbocycles. The van der Waals surface area contributed by atoms with E-state index in [9.17, 15) is 4.79 Å². The summed E-state index contributed by atoms with van der Waals surface area (Å²) in [7, 11) is 0. The number of hydrogen-bond acceptors (Lipinski definition) is 1. The molecule has 0 unspecified atom stereocenters. The average molecular weight is 138 g/mol. The van der Waals surface area contributed by atoms with Crippen LogP contribution in [0.5, 0.6) is 0 Å². The van der Waals surface area contributed by atoms with Gasteiger partial charge in [0, 0.05) is 6.42 Å². The summed E-state index contributed by atoms with van der Waals surface area (Å²) in [5.41, 5.74) is 0. The van der Waals surface area contributed by atoms with Crippen molar-refractivity contribution < 1.29 is 4.79 Å². The summed E-state index contributed by atoms with van der Waals surface area (Å²) in [6, 6.07) is 0. The van der Waals surface area contributed by atoms with Crippen molar-refractivity contribution in [2.45, 2.75) is 39.0 Å².